The lowest BCUT2D eigenvalue weighted by molar-refractivity contribution is -0.245. The summed E-state index contributed by atoms with van der Waals surface area (Å²) in [5.41, 5.74) is -0.689. The molecule has 0 radical (unpaired) electrons. The minimum atomic E-state index is -0.533. The van der Waals surface area contributed by atoms with Crippen molar-refractivity contribution >= 4 is 5.97 Å². The number of esters is 1. The van der Waals surface area contributed by atoms with Gasteiger partial charge in [-0.1, -0.05) is 20.4 Å². The van der Waals surface area contributed by atoms with Gasteiger partial charge in [0.05, 0.1) is 5.60 Å². The third-order valence-electron chi connectivity index (χ3n) is 6.84. The van der Waals surface area contributed by atoms with Gasteiger partial charge in [0.15, 0.2) is 0 Å². The predicted octanol–water partition coefficient (Wildman–Crippen LogP) is 3.85. The van der Waals surface area contributed by atoms with Gasteiger partial charge >= 0.3 is 5.97 Å². The maximum Gasteiger partial charge on any atom is 0.333 e. The van der Waals surface area contributed by atoms with Crippen LogP contribution < -0.4 is 0 Å². The van der Waals surface area contributed by atoms with Crippen molar-refractivity contribution in [1.82, 2.24) is 0 Å². The standard InChI is InChI=1S/C19H30O3/c1-12(2)16(20)22-17(5,13(3)4)18-7-14-6-15(8-18)10-19(21,9-14)11-18/h13-15,21H,1,6-11H2,2-5H3. The van der Waals surface area contributed by atoms with Gasteiger partial charge in [-0.15, -0.1) is 0 Å². The van der Waals surface area contributed by atoms with Gasteiger partial charge in [-0.3, -0.25) is 0 Å². The summed E-state index contributed by atoms with van der Waals surface area (Å²) in [5, 5.41) is 11.0. The fraction of sp³-hybridized carbons (Fsp3) is 0.842. The number of carbonyl (C=O) groups is 1. The third kappa shape index (κ3) is 2.24. The second-order valence-electron chi connectivity index (χ2n) is 8.90. The number of ether oxygens (including phenoxy) is 1. The fourth-order valence-corrected chi connectivity index (χ4v) is 5.91. The van der Waals surface area contributed by atoms with Crippen LogP contribution in [0.3, 0.4) is 0 Å². The van der Waals surface area contributed by atoms with Crippen LogP contribution in [-0.2, 0) is 9.53 Å². The molecule has 0 aliphatic heterocycles. The number of hydrogen-bond acceptors (Lipinski definition) is 3. The molecule has 4 aliphatic carbocycles. The van der Waals surface area contributed by atoms with Crippen LogP contribution in [0, 0.1) is 23.2 Å². The third-order valence-corrected chi connectivity index (χ3v) is 6.84. The van der Waals surface area contributed by atoms with Crippen molar-refractivity contribution in [1.29, 1.82) is 0 Å². The molecule has 4 rings (SSSR count). The molecule has 3 nitrogen and oxygen atoms in total. The highest BCUT2D eigenvalue weighted by Crippen LogP contribution is 2.66. The van der Waals surface area contributed by atoms with E-state index in [1.54, 1.807) is 6.92 Å². The molecule has 1 N–H and O–H groups in total. The first kappa shape index (κ1) is 16.0. The van der Waals surface area contributed by atoms with Gasteiger partial charge < -0.3 is 9.84 Å². The van der Waals surface area contributed by atoms with Crippen LogP contribution in [0.15, 0.2) is 12.2 Å². The van der Waals surface area contributed by atoms with Crippen LogP contribution >= 0.6 is 0 Å². The SMILES string of the molecule is C=C(C)C(=O)OC(C)(C(C)C)C12CC3CC(CC(O)(C3)C1)C2. The Morgan fingerprint density at radius 3 is 2.23 bits per heavy atom. The molecular formula is C19H30O3. The second-order valence-corrected chi connectivity index (χ2v) is 8.90. The molecule has 0 amide bonds. The molecule has 22 heavy (non-hydrogen) atoms. The number of hydrogen-bond donors (Lipinski definition) is 1. The highest BCUT2D eigenvalue weighted by atomic mass is 16.6. The largest absolute Gasteiger partial charge is 0.455 e. The Balaban J connectivity index is 1.97. The molecule has 4 saturated carbocycles. The summed E-state index contributed by atoms with van der Waals surface area (Å²) in [6.07, 6.45) is 6.08. The number of rotatable bonds is 4. The average Bonchev–Trinajstić information content (AvgIpc) is 2.34. The van der Waals surface area contributed by atoms with E-state index in [4.69, 9.17) is 4.74 Å². The lowest BCUT2D eigenvalue weighted by atomic mass is 9.43. The lowest BCUT2D eigenvalue weighted by Crippen LogP contribution is -2.65. The first-order valence-corrected chi connectivity index (χ1v) is 8.70. The maximum atomic E-state index is 12.3. The lowest BCUT2D eigenvalue weighted by Gasteiger charge is -2.65. The first-order chi connectivity index (χ1) is 10.1. The molecule has 4 aliphatic rings. The van der Waals surface area contributed by atoms with Crippen LogP contribution in [0.4, 0.5) is 0 Å². The quantitative estimate of drug-likeness (QED) is 0.634. The van der Waals surface area contributed by atoms with Crippen LogP contribution in [0.1, 0.15) is 66.2 Å². The van der Waals surface area contributed by atoms with E-state index >= 15 is 0 Å². The van der Waals surface area contributed by atoms with Gasteiger partial charge in [0.1, 0.15) is 5.60 Å². The van der Waals surface area contributed by atoms with Gasteiger partial charge in [-0.2, -0.15) is 0 Å². The van der Waals surface area contributed by atoms with Crippen molar-refractivity contribution in [2.75, 3.05) is 0 Å². The van der Waals surface area contributed by atoms with Crippen molar-refractivity contribution in [3.05, 3.63) is 12.2 Å². The smallest absolute Gasteiger partial charge is 0.333 e. The summed E-state index contributed by atoms with van der Waals surface area (Å²) < 4.78 is 6.04. The Kier molecular flexibility index (Phi) is 3.52. The van der Waals surface area contributed by atoms with Crippen LogP contribution in [-0.4, -0.2) is 22.3 Å². The predicted molar refractivity (Wildman–Crippen MR) is 86.2 cm³/mol. The van der Waals surface area contributed by atoms with Crippen LogP contribution in [0.5, 0.6) is 0 Å². The molecule has 0 aromatic carbocycles. The topological polar surface area (TPSA) is 46.5 Å². The summed E-state index contributed by atoms with van der Waals surface area (Å²) in [4.78, 5) is 12.3. The van der Waals surface area contributed by atoms with Gasteiger partial charge in [0.2, 0.25) is 0 Å². The zero-order valence-electron chi connectivity index (χ0n) is 14.4. The molecule has 0 heterocycles. The zero-order chi connectivity index (χ0) is 16.3. The Hall–Kier alpha value is -0.830. The Labute approximate surface area is 134 Å². The van der Waals surface area contributed by atoms with Crippen LogP contribution in [0.25, 0.3) is 0 Å². The van der Waals surface area contributed by atoms with E-state index in [2.05, 4.69) is 27.4 Å². The molecule has 3 atom stereocenters. The molecular weight excluding hydrogens is 276 g/mol. The van der Waals surface area contributed by atoms with Crippen molar-refractivity contribution in [3.8, 4) is 0 Å². The molecule has 124 valence electrons. The molecule has 4 bridgehead atoms. The van der Waals surface area contributed by atoms with E-state index in [9.17, 15) is 9.90 Å². The van der Waals surface area contributed by atoms with Crippen molar-refractivity contribution < 1.29 is 14.6 Å². The molecule has 0 aromatic heterocycles. The van der Waals surface area contributed by atoms with Crippen molar-refractivity contribution in [3.63, 3.8) is 0 Å². The molecule has 0 aromatic rings. The maximum absolute atomic E-state index is 12.3. The minimum absolute atomic E-state index is 0.0783. The van der Waals surface area contributed by atoms with Gasteiger partial charge in [-0.25, -0.2) is 4.79 Å². The average molecular weight is 306 g/mol. The van der Waals surface area contributed by atoms with Crippen molar-refractivity contribution in [2.45, 2.75) is 77.4 Å². The molecule has 0 saturated heterocycles. The van der Waals surface area contributed by atoms with E-state index in [0.717, 1.165) is 32.1 Å². The number of carbonyl (C=O) groups excluding carboxylic acids is 1. The Morgan fingerprint density at radius 1 is 1.27 bits per heavy atom. The second kappa shape index (κ2) is 4.83. The highest BCUT2D eigenvalue weighted by Gasteiger charge is 2.65. The van der Waals surface area contributed by atoms with E-state index in [0.29, 0.717) is 17.4 Å². The highest BCUT2D eigenvalue weighted by molar-refractivity contribution is 5.87. The normalized spacial score (nSPS) is 42.3. The van der Waals surface area contributed by atoms with E-state index in [1.165, 1.54) is 6.42 Å². The molecule has 3 heteroatoms. The van der Waals surface area contributed by atoms with E-state index < -0.39 is 11.2 Å². The van der Waals surface area contributed by atoms with E-state index in [1.807, 2.05) is 0 Å². The first-order valence-electron chi connectivity index (χ1n) is 8.70. The Bertz CT molecular complexity index is 493. The minimum Gasteiger partial charge on any atom is -0.455 e. The zero-order valence-corrected chi connectivity index (χ0v) is 14.4. The monoisotopic (exact) mass is 306 g/mol. The summed E-state index contributed by atoms with van der Waals surface area (Å²) in [7, 11) is 0. The Morgan fingerprint density at radius 2 is 1.82 bits per heavy atom. The fourth-order valence-electron chi connectivity index (χ4n) is 5.91. The summed E-state index contributed by atoms with van der Waals surface area (Å²) in [6, 6.07) is 0. The summed E-state index contributed by atoms with van der Waals surface area (Å²) >= 11 is 0. The van der Waals surface area contributed by atoms with E-state index in [-0.39, 0.29) is 17.3 Å². The molecule has 4 fully saturated rings. The van der Waals surface area contributed by atoms with Gasteiger partial charge in [0.25, 0.3) is 0 Å². The summed E-state index contributed by atoms with van der Waals surface area (Å²) in [5.74, 6) is 1.11. The van der Waals surface area contributed by atoms with Gasteiger partial charge in [-0.05, 0) is 70.1 Å². The van der Waals surface area contributed by atoms with Crippen LogP contribution in [0.2, 0.25) is 0 Å². The number of aliphatic hydroxyl groups is 1. The summed E-state index contributed by atoms with van der Waals surface area (Å²) in [6.45, 7) is 11.8. The molecule has 3 unspecified atom stereocenters. The van der Waals surface area contributed by atoms with Crippen molar-refractivity contribution in [2.24, 2.45) is 23.2 Å². The molecule has 0 spiro atoms. The van der Waals surface area contributed by atoms with Gasteiger partial charge in [0, 0.05) is 11.0 Å².